The van der Waals surface area contributed by atoms with Gasteiger partial charge in [0.25, 0.3) is 0 Å². The highest BCUT2D eigenvalue weighted by Gasteiger charge is 1.99. The van der Waals surface area contributed by atoms with E-state index in [0.717, 1.165) is 0 Å². The summed E-state index contributed by atoms with van der Waals surface area (Å²) in [6.45, 7) is -0.00824. The molecule has 1 aromatic carbocycles. The first-order chi connectivity index (χ1) is 7.27. The predicted molar refractivity (Wildman–Crippen MR) is 55.1 cm³/mol. The smallest absolute Gasteiger partial charge is 0.149 e. The zero-order chi connectivity index (χ0) is 11.1. The van der Waals surface area contributed by atoms with E-state index in [4.69, 9.17) is 22.1 Å². The number of halogens is 1. The second kappa shape index (κ2) is 5.58. The van der Waals surface area contributed by atoms with E-state index in [2.05, 4.69) is 15.8 Å². The van der Waals surface area contributed by atoms with Crippen molar-refractivity contribution in [1.82, 2.24) is 0 Å². The minimum absolute atomic E-state index is 0.00824. The number of hydrogen-bond donors (Lipinski definition) is 1. The average molecular weight is 220 g/mol. The number of nitrogens with one attached hydrogen (secondary N) is 1. The lowest BCUT2D eigenvalue weighted by molar-refractivity contribution is 1.02. The first-order valence-corrected chi connectivity index (χ1v) is 4.35. The maximum atomic E-state index is 8.69. The molecule has 5 nitrogen and oxygen atoms in total. The van der Waals surface area contributed by atoms with Crippen molar-refractivity contribution in [2.75, 3.05) is 12.0 Å². The Morgan fingerprint density at radius 1 is 1.40 bits per heavy atom. The molecule has 0 saturated heterocycles. The summed E-state index contributed by atoms with van der Waals surface area (Å²) in [5, 5.41) is 24.3. The van der Waals surface area contributed by atoms with E-state index < -0.39 is 0 Å². The fourth-order valence-corrected chi connectivity index (χ4v) is 1.00. The van der Waals surface area contributed by atoms with Gasteiger partial charge in [-0.3, -0.25) is 5.43 Å². The van der Waals surface area contributed by atoms with E-state index in [1.807, 2.05) is 12.1 Å². The molecule has 0 fully saturated rings. The van der Waals surface area contributed by atoms with E-state index in [9.17, 15) is 0 Å². The molecule has 0 heterocycles. The molecule has 1 rings (SSSR count). The van der Waals surface area contributed by atoms with Gasteiger partial charge in [-0.1, -0.05) is 16.8 Å². The summed E-state index contributed by atoms with van der Waals surface area (Å²) in [6.07, 6.45) is 0. The van der Waals surface area contributed by atoms with Gasteiger partial charge in [0.15, 0.2) is 0 Å². The molecule has 15 heavy (non-hydrogen) atoms. The second-order valence-electron chi connectivity index (χ2n) is 2.48. The van der Waals surface area contributed by atoms with Gasteiger partial charge in [-0.15, -0.1) is 0 Å². The molecule has 74 valence electrons. The molecular formula is C9H6ClN5. The Balaban J connectivity index is 2.72. The van der Waals surface area contributed by atoms with Crippen LogP contribution in [0.2, 0.25) is 5.02 Å². The molecule has 1 N–H and O–H groups in total. The van der Waals surface area contributed by atoms with E-state index >= 15 is 0 Å². The number of benzene rings is 1. The quantitative estimate of drug-likeness (QED) is 0.482. The van der Waals surface area contributed by atoms with Gasteiger partial charge >= 0.3 is 0 Å². The summed E-state index contributed by atoms with van der Waals surface area (Å²) in [4.78, 5) is 0. The van der Waals surface area contributed by atoms with E-state index in [1.165, 1.54) is 0 Å². The highest BCUT2D eigenvalue weighted by molar-refractivity contribution is 6.31. The molecule has 6 heteroatoms. The Hall–Kier alpha value is -2.11. The largest absolute Gasteiger partial charge is 0.260 e. The third-order valence-corrected chi connectivity index (χ3v) is 1.81. The van der Waals surface area contributed by atoms with E-state index in [-0.39, 0.29) is 6.54 Å². The molecule has 0 atom stereocenters. The SMILES string of the molecule is N#CCN=NNc1ccc(Cl)c(C#N)c1. The first kappa shape index (κ1) is 11.0. The minimum atomic E-state index is -0.00824. The maximum absolute atomic E-state index is 8.69. The van der Waals surface area contributed by atoms with Crippen molar-refractivity contribution in [3.63, 3.8) is 0 Å². The van der Waals surface area contributed by atoms with Crippen LogP contribution in [0.4, 0.5) is 5.69 Å². The first-order valence-electron chi connectivity index (χ1n) is 3.97. The van der Waals surface area contributed by atoms with Crippen LogP contribution < -0.4 is 5.43 Å². The standard InChI is InChI=1S/C9H6ClN5/c10-9-2-1-8(5-7(9)6-12)14-15-13-4-3-11/h1-2,5H,4H2,(H,13,14). The Kier molecular flexibility index (Phi) is 4.08. The molecule has 1 aromatic rings. The monoisotopic (exact) mass is 219 g/mol. The van der Waals surface area contributed by atoms with Crippen LogP contribution in [0.3, 0.4) is 0 Å². The molecule has 0 amide bonds. The lowest BCUT2D eigenvalue weighted by Crippen LogP contribution is -1.88. The second-order valence-corrected chi connectivity index (χ2v) is 2.88. The molecule has 0 aliphatic carbocycles. The molecule has 0 aromatic heterocycles. The van der Waals surface area contributed by atoms with Crippen LogP contribution in [-0.4, -0.2) is 6.54 Å². The van der Waals surface area contributed by atoms with Crippen LogP contribution in [0.5, 0.6) is 0 Å². The number of hydrogen-bond acceptors (Lipinski definition) is 4. The maximum Gasteiger partial charge on any atom is 0.149 e. The van der Waals surface area contributed by atoms with E-state index in [0.29, 0.717) is 16.3 Å². The highest BCUT2D eigenvalue weighted by atomic mass is 35.5. The van der Waals surface area contributed by atoms with Gasteiger partial charge in [-0.05, 0) is 18.2 Å². The third-order valence-electron chi connectivity index (χ3n) is 1.48. The van der Waals surface area contributed by atoms with Crippen LogP contribution in [0.25, 0.3) is 0 Å². The topological polar surface area (TPSA) is 84.3 Å². The van der Waals surface area contributed by atoms with Crippen molar-refractivity contribution >= 4 is 17.3 Å². The van der Waals surface area contributed by atoms with Crippen molar-refractivity contribution in [2.24, 2.45) is 10.3 Å². The van der Waals surface area contributed by atoms with Crippen LogP contribution in [-0.2, 0) is 0 Å². The normalized spacial score (nSPS) is 9.53. The molecule has 0 aliphatic rings. The molecule has 0 spiro atoms. The fraction of sp³-hybridized carbons (Fsp3) is 0.111. The van der Waals surface area contributed by atoms with Crippen LogP contribution >= 0.6 is 11.6 Å². The lowest BCUT2D eigenvalue weighted by atomic mass is 10.2. The van der Waals surface area contributed by atoms with E-state index in [1.54, 1.807) is 18.2 Å². The molecular weight excluding hydrogens is 214 g/mol. The van der Waals surface area contributed by atoms with Crippen molar-refractivity contribution < 1.29 is 0 Å². The number of nitriles is 2. The molecule has 0 radical (unpaired) electrons. The molecule has 0 aliphatic heterocycles. The van der Waals surface area contributed by atoms with Crippen molar-refractivity contribution in [1.29, 1.82) is 10.5 Å². The van der Waals surface area contributed by atoms with Gasteiger partial charge in [-0.2, -0.15) is 15.6 Å². The molecule has 0 bridgehead atoms. The summed E-state index contributed by atoms with van der Waals surface area (Å²) < 4.78 is 0. The number of rotatable bonds is 3. The minimum Gasteiger partial charge on any atom is -0.260 e. The van der Waals surface area contributed by atoms with Gasteiger partial charge < -0.3 is 0 Å². The van der Waals surface area contributed by atoms with Crippen LogP contribution in [0.15, 0.2) is 28.5 Å². The predicted octanol–water partition coefficient (Wildman–Crippen LogP) is 2.51. The summed E-state index contributed by atoms with van der Waals surface area (Å²) in [5.41, 5.74) is 3.53. The number of anilines is 1. The summed E-state index contributed by atoms with van der Waals surface area (Å²) in [5.74, 6) is 0. The average Bonchev–Trinajstić information content (AvgIpc) is 2.26. The Morgan fingerprint density at radius 2 is 2.20 bits per heavy atom. The van der Waals surface area contributed by atoms with Crippen molar-refractivity contribution in [3.8, 4) is 12.1 Å². The Morgan fingerprint density at radius 3 is 2.87 bits per heavy atom. The summed E-state index contributed by atoms with van der Waals surface area (Å²) >= 11 is 5.73. The van der Waals surface area contributed by atoms with Crippen LogP contribution in [0.1, 0.15) is 5.56 Å². The summed E-state index contributed by atoms with van der Waals surface area (Å²) in [6, 6.07) is 8.55. The number of nitrogens with zero attached hydrogens (tertiary/aromatic N) is 4. The fourth-order valence-electron chi connectivity index (χ4n) is 0.841. The van der Waals surface area contributed by atoms with Gasteiger partial charge in [0.2, 0.25) is 0 Å². The van der Waals surface area contributed by atoms with Gasteiger partial charge in [0.1, 0.15) is 12.6 Å². The lowest BCUT2D eigenvalue weighted by Gasteiger charge is -1.99. The summed E-state index contributed by atoms with van der Waals surface area (Å²) in [7, 11) is 0. The zero-order valence-corrected chi connectivity index (χ0v) is 8.36. The molecule has 0 unspecified atom stereocenters. The zero-order valence-electron chi connectivity index (χ0n) is 7.61. The van der Waals surface area contributed by atoms with Crippen LogP contribution in [0, 0.1) is 22.7 Å². The Labute approximate surface area is 91.6 Å². The van der Waals surface area contributed by atoms with Gasteiger partial charge in [-0.25, -0.2) is 0 Å². The van der Waals surface area contributed by atoms with Gasteiger partial charge in [0.05, 0.1) is 22.3 Å². The van der Waals surface area contributed by atoms with Crippen molar-refractivity contribution in [2.45, 2.75) is 0 Å². The Bertz CT molecular complexity index is 455. The van der Waals surface area contributed by atoms with Crippen molar-refractivity contribution in [3.05, 3.63) is 28.8 Å². The third kappa shape index (κ3) is 3.26. The molecule has 0 saturated carbocycles. The highest BCUT2D eigenvalue weighted by Crippen LogP contribution is 2.19. The van der Waals surface area contributed by atoms with Gasteiger partial charge in [0, 0.05) is 0 Å².